The van der Waals surface area contributed by atoms with Gasteiger partial charge < -0.3 is 4.74 Å². The van der Waals surface area contributed by atoms with Gasteiger partial charge in [-0.2, -0.15) is 0 Å². The molecule has 0 atom stereocenters. The molecule has 0 aromatic heterocycles. The van der Waals surface area contributed by atoms with Crippen molar-refractivity contribution in [3.05, 3.63) is 93.6 Å². The van der Waals surface area contributed by atoms with Gasteiger partial charge in [0.2, 0.25) is 0 Å². The van der Waals surface area contributed by atoms with E-state index in [1.165, 1.54) is 0 Å². The van der Waals surface area contributed by atoms with E-state index in [-0.39, 0.29) is 5.78 Å². The second-order valence-electron chi connectivity index (χ2n) is 4.72. The first-order valence-electron chi connectivity index (χ1n) is 6.87. The highest BCUT2D eigenvalue weighted by Gasteiger charge is 2.15. The minimum atomic E-state index is -0.0397. The van der Waals surface area contributed by atoms with E-state index in [1.807, 2.05) is 72.8 Å². The van der Waals surface area contributed by atoms with Crippen LogP contribution >= 0.6 is 22.6 Å². The molecule has 0 unspecified atom stereocenters. The van der Waals surface area contributed by atoms with Crippen LogP contribution in [0.2, 0.25) is 0 Å². The standard InChI is InChI=1S/C19H13IO2/c20-16-11-5-7-13-18(16)22-17-12-6-4-10-15(17)19(21)14-8-2-1-3-9-14/h1-13H. The van der Waals surface area contributed by atoms with Crippen LogP contribution in [0.15, 0.2) is 78.9 Å². The van der Waals surface area contributed by atoms with Crippen LogP contribution in [0.1, 0.15) is 15.9 Å². The smallest absolute Gasteiger partial charge is 0.196 e. The molecule has 0 aliphatic rings. The zero-order valence-corrected chi connectivity index (χ0v) is 13.9. The lowest BCUT2D eigenvalue weighted by molar-refractivity contribution is 0.103. The number of hydrogen-bond donors (Lipinski definition) is 0. The van der Waals surface area contributed by atoms with Gasteiger partial charge >= 0.3 is 0 Å². The van der Waals surface area contributed by atoms with Gasteiger partial charge in [0.25, 0.3) is 0 Å². The molecule has 0 saturated heterocycles. The van der Waals surface area contributed by atoms with E-state index in [1.54, 1.807) is 6.07 Å². The maximum Gasteiger partial charge on any atom is 0.196 e. The Balaban J connectivity index is 1.97. The fraction of sp³-hybridized carbons (Fsp3) is 0. The van der Waals surface area contributed by atoms with Crippen LogP contribution in [0, 0.1) is 3.57 Å². The number of rotatable bonds is 4. The highest BCUT2D eigenvalue weighted by Crippen LogP contribution is 2.30. The van der Waals surface area contributed by atoms with Gasteiger partial charge in [-0.05, 0) is 46.9 Å². The van der Waals surface area contributed by atoms with Gasteiger partial charge in [0.1, 0.15) is 11.5 Å². The van der Waals surface area contributed by atoms with E-state index < -0.39 is 0 Å². The van der Waals surface area contributed by atoms with E-state index >= 15 is 0 Å². The van der Waals surface area contributed by atoms with Crippen molar-refractivity contribution in [3.8, 4) is 11.5 Å². The summed E-state index contributed by atoms with van der Waals surface area (Å²) in [6, 6.07) is 24.3. The number of carbonyl (C=O) groups is 1. The van der Waals surface area contributed by atoms with Crippen molar-refractivity contribution in [1.29, 1.82) is 0 Å². The van der Waals surface area contributed by atoms with Crippen LogP contribution in [-0.2, 0) is 0 Å². The molecule has 3 aromatic rings. The van der Waals surface area contributed by atoms with Gasteiger partial charge in [0, 0.05) is 5.56 Å². The molecule has 0 heterocycles. The Morgan fingerprint density at radius 2 is 1.32 bits per heavy atom. The number of benzene rings is 3. The molecule has 0 radical (unpaired) electrons. The SMILES string of the molecule is O=C(c1ccccc1)c1ccccc1Oc1ccccc1I. The van der Waals surface area contributed by atoms with Crippen LogP contribution < -0.4 is 4.74 Å². The third-order valence-electron chi connectivity index (χ3n) is 3.22. The molecule has 0 amide bonds. The molecule has 0 spiro atoms. The zero-order valence-electron chi connectivity index (χ0n) is 11.7. The van der Waals surface area contributed by atoms with E-state index in [2.05, 4.69) is 22.6 Å². The Labute approximate surface area is 142 Å². The zero-order chi connectivity index (χ0) is 15.4. The first-order valence-corrected chi connectivity index (χ1v) is 7.95. The summed E-state index contributed by atoms with van der Waals surface area (Å²) in [5, 5.41) is 0. The third-order valence-corrected chi connectivity index (χ3v) is 4.12. The Morgan fingerprint density at radius 1 is 0.727 bits per heavy atom. The minimum Gasteiger partial charge on any atom is -0.455 e. The molecular weight excluding hydrogens is 387 g/mol. The number of halogens is 1. The summed E-state index contributed by atoms with van der Waals surface area (Å²) in [4.78, 5) is 12.7. The Bertz CT molecular complexity index is 797. The average molecular weight is 400 g/mol. The molecule has 0 aliphatic carbocycles. The average Bonchev–Trinajstić information content (AvgIpc) is 2.58. The summed E-state index contributed by atoms with van der Waals surface area (Å²) in [6.45, 7) is 0. The minimum absolute atomic E-state index is 0.0397. The highest BCUT2D eigenvalue weighted by atomic mass is 127. The molecule has 0 fully saturated rings. The molecule has 22 heavy (non-hydrogen) atoms. The molecule has 0 aliphatic heterocycles. The quantitative estimate of drug-likeness (QED) is 0.438. The molecule has 0 N–H and O–H groups in total. The van der Waals surface area contributed by atoms with Crippen molar-refractivity contribution in [2.75, 3.05) is 0 Å². The van der Waals surface area contributed by atoms with Crippen molar-refractivity contribution in [1.82, 2.24) is 0 Å². The van der Waals surface area contributed by atoms with E-state index in [4.69, 9.17) is 4.74 Å². The molecule has 3 rings (SSSR count). The van der Waals surface area contributed by atoms with Gasteiger partial charge in [-0.3, -0.25) is 4.79 Å². The van der Waals surface area contributed by atoms with E-state index in [0.717, 1.165) is 9.32 Å². The van der Waals surface area contributed by atoms with Crippen molar-refractivity contribution in [2.45, 2.75) is 0 Å². The fourth-order valence-electron chi connectivity index (χ4n) is 2.13. The van der Waals surface area contributed by atoms with Crippen LogP contribution in [0.4, 0.5) is 0 Å². The largest absolute Gasteiger partial charge is 0.455 e. The first kappa shape index (κ1) is 14.8. The van der Waals surface area contributed by atoms with Gasteiger partial charge in [-0.25, -0.2) is 0 Å². The van der Waals surface area contributed by atoms with Gasteiger partial charge in [-0.1, -0.05) is 54.6 Å². The molecule has 3 heteroatoms. The van der Waals surface area contributed by atoms with Crippen LogP contribution in [0.5, 0.6) is 11.5 Å². The summed E-state index contributed by atoms with van der Waals surface area (Å²) in [7, 11) is 0. The topological polar surface area (TPSA) is 26.3 Å². The lowest BCUT2D eigenvalue weighted by Gasteiger charge is -2.11. The number of ether oxygens (including phenoxy) is 1. The second kappa shape index (κ2) is 6.75. The number of ketones is 1. The normalized spacial score (nSPS) is 10.2. The maximum atomic E-state index is 12.7. The lowest BCUT2D eigenvalue weighted by Crippen LogP contribution is -2.03. The van der Waals surface area contributed by atoms with Gasteiger partial charge in [-0.15, -0.1) is 0 Å². The number of para-hydroxylation sites is 2. The fourth-order valence-corrected chi connectivity index (χ4v) is 2.63. The molecule has 0 saturated carbocycles. The third kappa shape index (κ3) is 3.20. The molecular formula is C19H13IO2. The van der Waals surface area contributed by atoms with Gasteiger partial charge in [0.15, 0.2) is 5.78 Å². The summed E-state index contributed by atoms with van der Waals surface area (Å²) in [5.41, 5.74) is 1.22. The summed E-state index contributed by atoms with van der Waals surface area (Å²) >= 11 is 2.22. The van der Waals surface area contributed by atoms with Crippen molar-refractivity contribution < 1.29 is 9.53 Å². The molecule has 0 bridgehead atoms. The van der Waals surface area contributed by atoms with Crippen LogP contribution in [-0.4, -0.2) is 5.78 Å². The molecule has 3 aromatic carbocycles. The number of carbonyl (C=O) groups excluding carboxylic acids is 1. The van der Waals surface area contributed by atoms with E-state index in [0.29, 0.717) is 16.9 Å². The monoisotopic (exact) mass is 400 g/mol. The predicted octanol–water partition coefficient (Wildman–Crippen LogP) is 5.31. The maximum absolute atomic E-state index is 12.7. The highest BCUT2D eigenvalue weighted by molar-refractivity contribution is 14.1. The van der Waals surface area contributed by atoms with Crippen molar-refractivity contribution in [2.24, 2.45) is 0 Å². The first-order chi connectivity index (χ1) is 10.8. The van der Waals surface area contributed by atoms with Gasteiger partial charge in [0.05, 0.1) is 9.13 Å². The number of hydrogen-bond acceptors (Lipinski definition) is 2. The van der Waals surface area contributed by atoms with E-state index in [9.17, 15) is 4.79 Å². The second-order valence-corrected chi connectivity index (χ2v) is 5.89. The Morgan fingerprint density at radius 3 is 2.05 bits per heavy atom. The lowest BCUT2D eigenvalue weighted by atomic mass is 10.0. The summed E-state index contributed by atoms with van der Waals surface area (Å²) in [5.74, 6) is 1.28. The molecule has 2 nitrogen and oxygen atoms in total. The molecule has 108 valence electrons. The summed E-state index contributed by atoms with van der Waals surface area (Å²) in [6.07, 6.45) is 0. The van der Waals surface area contributed by atoms with Crippen molar-refractivity contribution in [3.63, 3.8) is 0 Å². The Hall–Kier alpha value is -2.14. The van der Waals surface area contributed by atoms with Crippen LogP contribution in [0.25, 0.3) is 0 Å². The van der Waals surface area contributed by atoms with Crippen molar-refractivity contribution >= 4 is 28.4 Å². The Kier molecular flexibility index (Phi) is 4.53. The predicted molar refractivity (Wildman–Crippen MR) is 95.5 cm³/mol. The van der Waals surface area contributed by atoms with Crippen LogP contribution in [0.3, 0.4) is 0 Å². The summed E-state index contributed by atoms with van der Waals surface area (Å²) < 4.78 is 6.96.